The lowest BCUT2D eigenvalue weighted by molar-refractivity contribution is 0.0697. The molecule has 3 heteroatoms. The average molecular weight is 329 g/mol. The molecule has 0 atom stereocenters. The first-order valence-electron chi connectivity index (χ1n) is 8.10. The van der Waals surface area contributed by atoms with E-state index in [1.165, 1.54) is 11.1 Å². The van der Waals surface area contributed by atoms with Crippen molar-refractivity contribution in [2.75, 3.05) is 5.32 Å². The molecule has 3 aromatic carbocycles. The minimum atomic E-state index is -0.911. The van der Waals surface area contributed by atoms with Crippen LogP contribution in [0.4, 0.5) is 5.69 Å². The summed E-state index contributed by atoms with van der Waals surface area (Å²) in [5.41, 5.74) is 4.69. The molecule has 3 rings (SSSR count). The van der Waals surface area contributed by atoms with Crippen molar-refractivity contribution in [3.05, 3.63) is 101 Å². The number of hydrogen-bond donors (Lipinski definition) is 2. The van der Waals surface area contributed by atoms with Gasteiger partial charge in [0.05, 0.1) is 5.56 Å². The number of carboxylic acid groups (broad SMARTS) is 1. The zero-order chi connectivity index (χ0) is 17.5. The van der Waals surface area contributed by atoms with Gasteiger partial charge in [-0.25, -0.2) is 4.79 Å². The minimum absolute atomic E-state index is 0.292. The number of anilines is 1. The van der Waals surface area contributed by atoms with Crippen molar-refractivity contribution in [3.8, 4) is 0 Å². The average Bonchev–Trinajstić information content (AvgIpc) is 2.67. The van der Waals surface area contributed by atoms with Crippen LogP contribution in [0.5, 0.6) is 0 Å². The van der Waals surface area contributed by atoms with Gasteiger partial charge in [0.15, 0.2) is 0 Å². The van der Waals surface area contributed by atoms with Gasteiger partial charge in [0, 0.05) is 12.2 Å². The first-order chi connectivity index (χ1) is 12.2. The van der Waals surface area contributed by atoms with Crippen LogP contribution in [0.3, 0.4) is 0 Å². The second-order valence-electron chi connectivity index (χ2n) is 5.72. The lowest BCUT2D eigenvalue weighted by Gasteiger charge is -2.07. The Morgan fingerprint density at radius 3 is 2.00 bits per heavy atom. The molecule has 0 aliphatic rings. The maximum absolute atomic E-state index is 10.8. The summed E-state index contributed by atoms with van der Waals surface area (Å²) >= 11 is 0. The van der Waals surface area contributed by atoms with Crippen LogP contribution in [-0.2, 0) is 6.54 Å². The number of rotatable bonds is 6. The SMILES string of the molecule is O=C(O)c1ccc(NCc2ccc(/C=C/c3ccccc3)cc2)cc1. The van der Waals surface area contributed by atoms with Crippen molar-refractivity contribution in [2.45, 2.75) is 6.54 Å². The molecule has 0 bridgehead atoms. The highest BCUT2D eigenvalue weighted by Gasteiger charge is 2.01. The Morgan fingerprint density at radius 2 is 1.40 bits per heavy atom. The molecule has 3 nitrogen and oxygen atoms in total. The standard InChI is InChI=1S/C22H19NO2/c24-22(25)20-12-14-21(15-13-20)23-16-19-10-8-18(9-11-19)7-6-17-4-2-1-3-5-17/h1-15,23H,16H2,(H,24,25)/b7-6+. The highest BCUT2D eigenvalue weighted by Crippen LogP contribution is 2.13. The second-order valence-corrected chi connectivity index (χ2v) is 5.72. The Kier molecular flexibility index (Phi) is 5.27. The summed E-state index contributed by atoms with van der Waals surface area (Å²) < 4.78 is 0. The minimum Gasteiger partial charge on any atom is -0.478 e. The summed E-state index contributed by atoms with van der Waals surface area (Å²) in [5, 5.41) is 12.2. The van der Waals surface area contributed by atoms with Gasteiger partial charge in [0.1, 0.15) is 0 Å². The zero-order valence-electron chi connectivity index (χ0n) is 13.7. The third-order valence-electron chi connectivity index (χ3n) is 3.88. The zero-order valence-corrected chi connectivity index (χ0v) is 13.7. The number of aromatic carboxylic acids is 1. The van der Waals surface area contributed by atoms with E-state index in [1.807, 2.05) is 18.2 Å². The van der Waals surface area contributed by atoms with Crippen LogP contribution in [0.2, 0.25) is 0 Å². The third kappa shape index (κ3) is 4.82. The Balaban J connectivity index is 1.57. The van der Waals surface area contributed by atoms with Crippen LogP contribution in [-0.4, -0.2) is 11.1 Å². The van der Waals surface area contributed by atoms with Crippen LogP contribution in [0, 0.1) is 0 Å². The van der Waals surface area contributed by atoms with Crippen LogP contribution < -0.4 is 5.32 Å². The molecular weight excluding hydrogens is 310 g/mol. The van der Waals surface area contributed by atoms with Crippen LogP contribution >= 0.6 is 0 Å². The summed E-state index contributed by atoms with van der Waals surface area (Å²) in [6.45, 7) is 0.690. The van der Waals surface area contributed by atoms with Crippen molar-refractivity contribution in [1.29, 1.82) is 0 Å². The topological polar surface area (TPSA) is 49.3 Å². The van der Waals surface area contributed by atoms with E-state index < -0.39 is 5.97 Å². The lowest BCUT2D eigenvalue weighted by atomic mass is 10.1. The number of benzene rings is 3. The Morgan fingerprint density at radius 1 is 0.800 bits per heavy atom. The molecule has 0 unspecified atom stereocenters. The number of carbonyl (C=O) groups is 1. The monoisotopic (exact) mass is 329 g/mol. The Hall–Kier alpha value is -3.33. The molecule has 0 aliphatic carbocycles. The van der Waals surface area contributed by atoms with E-state index >= 15 is 0 Å². The first kappa shape index (κ1) is 16.5. The summed E-state index contributed by atoms with van der Waals surface area (Å²) in [7, 11) is 0. The van der Waals surface area contributed by atoms with E-state index in [4.69, 9.17) is 5.11 Å². The molecule has 0 aromatic heterocycles. The molecule has 2 N–H and O–H groups in total. The van der Waals surface area contributed by atoms with E-state index in [2.05, 4.69) is 53.9 Å². The highest BCUT2D eigenvalue weighted by atomic mass is 16.4. The number of hydrogen-bond acceptors (Lipinski definition) is 2. The molecule has 3 aromatic rings. The smallest absolute Gasteiger partial charge is 0.335 e. The molecule has 124 valence electrons. The summed E-state index contributed by atoms with van der Waals surface area (Å²) in [6, 6.07) is 25.3. The van der Waals surface area contributed by atoms with Crippen molar-refractivity contribution < 1.29 is 9.90 Å². The van der Waals surface area contributed by atoms with Gasteiger partial charge >= 0.3 is 5.97 Å². The van der Waals surface area contributed by atoms with E-state index in [1.54, 1.807) is 24.3 Å². The quantitative estimate of drug-likeness (QED) is 0.614. The summed E-state index contributed by atoms with van der Waals surface area (Å²) in [4.78, 5) is 10.8. The molecular formula is C22H19NO2. The molecule has 0 amide bonds. The van der Waals surface area contributed by atoms with Gasteiger partial charge in [0.2, 0.25) is 0 Å². The highest BCUT2D eigenvalue weighted by molar-refractivity contribution is 5.88. The van der Waals surface area contributed by atoms with E-state index in [9.17, 15) is 4.79 Å². The van der Waals surface area contributed by atoms with Crippen LogP contribution in [0.15, 0.2) is 78.9 Å². The van der Waals surface area contributed by atoms with Crippen molar-refractivity contribution in [2.24, 2.45) is 0 Å². The van der Waals surface area contributed by atoms with Gasteiger partial charge in [-0.15, -0.1) is 0 Å². The first-order valence-corrected chi connectivity index (χ1v) is 8.10. The molecule has 0 fully saturated rings. The van der Waals surface area contributed by atoms with Crippen LogP contribution in [0.1, 0.15) is 27.0 Å². The molecule has 0 radical (unpaired) electrons. The second kappa shape index (κ2) is 7.97. The van der Waals surface area contributed by atoms with Crippen molar-refractivity contribution in [1.82, 2.24) is 0 Å². The molecule has 0 aliphatic heterocycles. The maximum Gasteiger partial charge on any atom is 0.335 e. The van der Waals surface area contributed by atoms with Crippen molar-refractivity contribution >= 4 is 23.8 Å². The number of nitrogens with one attached hydrogen (secondary N) is 1. The van der Waals surface area contributed by atoms with Gasteiger partial charge < -0.3 is 10.4 Å². The number of carboxylic acids is 1. The van der Waals surface area contributed by atoms with E-state index in [0.717, 1.165) is 11.3 Å². The van der Waals surface area contributed by atoms with Gasteiger partial charge in [-0.1, -0.05) is 66.7 Å². The Bertz CT molecular complexity index is 851. The van der Waals surface area contributed by atoms with Gasteiger partial charge in [0.25, 0.3) is 0 Å². The fourth-order valence-corrected chi connectivity index (χ4v) is 2.44. The molecule has 0 saturated heterocycles. The summed E-state index contributed by atoms with van der Waals surface area (Å²) in [5.74, 6) is -0.911. The lowest BCUT2D eigenvalue weighted by Crippen LogP contribution is -2.00. The normalized spacial score (nSPS) is 10.7. The van der Waals surface area contributed by atoms with Gasteiger partial charge in [-0.2, -0.15) is 0 Å². The Labute approximate surface area is 147 Å². The molecule has 0 saturated carbocycles. The third-order valence-corrected chi connectivity index (χ3v) is 3.88. The van der Waals surface area contributed by atoms with Crippen molar-refractivity contribution in [3.63, 3.8) is 0 Å². The van der Waals surface area contributed by atoms with Gasteiger partial charge in [-0.3, -0.25) is 0 Å². The van der Waals surface area contributed by atoms with Crippen LogP contribution in [0.25, 0.3) is 12.2 Å². The molecule has 0 spiro atoms. The molecule has 25 heavy (non-hydrogen) atoms. The largest absolute Gasteiger partial charge is 0.478 e. The fourth-order valence-electron chi connectivity index (χ4n) is 2.44. The molecule has 0 heterocycles. The predicted molar refractivity (Wildman–Crippen MR) is 103 cm³/mol. The van der Waals surface area contributed by atoms with E-state index in [-0.39, 0.29) is 0 Å². The maximum atomic E-state index is 10.8. The predicted octanol–water partition coefficient (Wildman–Crippen LogP) is 5.17. The fraction of sp³-hybridized carbons (Fsp3) is 0.0455. The van der Waals surface area contributed by atoms with Gasteiger partial charge in [-0.05, 0) is 41.0 Å². The summed E-state index contributed by atoms with van der Waals surface area (Å²) in [6.07, 6.45) is 4.19. The van der Waals surface area contributed by atoms with E-state index in [0.29, 0.717) is 12.1 Å².